The third-order valence-electron chi connectivity index (χ3n) is 6.25. The zero-order chi connectivity index (χ0) is 25.3. The van der Waals surface area contributed by atoms with Gasteiger partial charge in [0.2, 0.25) is 0 Å². The summed E-state index contributed by atoms with van der Waals surface area (Å²) in [5.74, 6) is 0.966. The van der Waals surface area contributed by atoms with Gasteiger partial charge in [-0.05, 0) is 79.2 Å². The average Bonchev–Trinajstić information content (AvgIpc) is 3.23. The van der Waals surface area contributed by atoms with E-state index in [9.17, 15) is 4.79 Å². The van der Waals surface area contributed by atoms with E-state index in [1.807, 2.05) is 48.5 Å². The summed E-state index contributed by atoms with van der Waals surface area (Å²) >= 11 is 3.61. The molecule has 0 aromatic heterocycles. The molecule has 0 aliphatic carbocycles. The van der Waals surface area contributed by atoms with E-state index < -0.39 is 0 Å². The molecule has 0 spiro atoms. The summed E-state index contributed by atoms with van der Waals surface area (Å²) in [5.41, 5.74) is 4.70. The van der Waals surface area contributed by atoms with E-state index in [0.717, 1.165) is 26.9 Å². The Hall–Kier alpha value is -3.63. The SMILES string of the molecule is CC(C)(C)c1ccc(C2=C/C(=C/c3ccc(OCc4ccc5ccccc5c4)c(Br)c3)C(=O)O2)cc1. The third kappa shape index (κ3) is 5.29. The number of ether oxygens (including phenoxy) is 2. The fourth-order valence-corrected chi connectivity index (χ4v) is 4.67. The van der Waals surface area contributed by atoms with E-state index in [-0.39, 0.29) is 11.4 Å². The molecule has 0 bridgehead atoms. The molecule has 4 heteroatoms. The average molecular weight is 539 g/mol. The van der Waals surface area contributed by atoms with Crippen molar-refractivity contribution in [1.29, 1.82) is 0 Å². The highest BCUT2D eigenvalue weighted by Gasteiger charge is 2.23. The van der Waals surface area contributed by atoms with E-state index >= 15 is 0 Å². The number of rotatable bonds is 5. The van der Waals surface area contributed by atoms with Gasteiger partial charge < -0.3 is 9.47 Å². The second-order valence-corrected chi connectivity index (χ2v) is 10.8. The van der Waals surface area contributed by atoms with Gasteiger partial charge in [0.15, 0.2) is 0 Å². The van der Waals surface area contributed by atoms with E-state index in [0.29, 0.717) is 17.9 Å². The molecule has 180 valence electrons. The fraction of sp³-hybridized carbons (Fsp3) is 0.156. The molecule has 4 aromatic rings. The normalized spacial score (nSPS) is 14.7. The number of halogens is 1. The van der Waals surface area contributed by atoms with Crippen molar-refractivity contribution in [3.05, 3.63) is 123 Å². The van der Waals surface area contributed by atoms with Crippen molar-refractivity contribution in [2.45, 2.75) is 32.8 Å². The molecule has 0 radical (unpaired) electrons. The quantitative estimate of drug-likeness (QED) is 0.189. The maximum absolute atomic E-state index is 12.5. The molecule has 5 rings (SSSR count). The molecule has 0 saturated heterocycles. The van der Waals surface area contributed by atoms with E-state index in [1.54, 1.807) is 6.08 Å². The number of benzene rings is 4. The summed E-state index contributed by atoms with van der Waals surface area (Å²) in [6.07, 6.45) is 3.63. The van der Waals surface area contributed by atoms with E-state index in [1.165, 1.54) is 16.3 Å². The third-order valence-corrected chi connectivity index (χ3v) is 6.87. The Labute approximate surface area is 220 Å². The van der Waals surface area contributed by atoms with E-state index in [4.69, 9.17) is 9.47 Å². The second kappa shape index (κ2) is 9.79. The first-order valence-corrected chi connectivity index (χ1v) is 12.7. The lowest BCUT2D eigenvalue weighted by Gasteiger charge is -2.19. The molecule has 36 heavy (non-hydrogen) atoms. The molecule has 0 atom stereocenters. The largest absolute Gasteiger partial charge is 0.488 e. The van der Waals surface area contributed by atoms with Crippen molar-refractivity contribution in [2.24, 2.45) is 0 Å². The van der Waals surface area contributed by atoms with Crippen LogP contribution in [0.1, 0.15) is 43.0 Å². The summed E-state index contributed by atoms with van der Waals surface area (Å²) in [6, 6.07) is 28.6. The van der Waals surface area contributed by atoms with Crippen molar-refractivity contribution < 1.29 is 14.3 Å². The molecule has 1 aliphatic heterocycles. The number of fused-ring (bicyclic) bond motifs is 1. The van der Waals surface area contributed by atoms with Crippen LogP contribution in [0.5, 0.6) is 5.75 Å². The number of carbonyl (C=O) groups is 1. The summed E-state index contributed by atoms with van der Waals surface area (Å²) in [6.45, 7) is 7.00. The first-order valence-electron chi connectivity index (χ1n) is 11.9. The Kier molecular flexibility index (Phi) is 6.55. The topological polar surface area (TPSA) is 35.5 Å². The minimum atomic E-state index is -0.349. The lowest BCUT2D eigenvalue weighted by Crippen LogP contribution is -2.10. The van der Waals surface area contributed by atoms with Crippen LogP contribution < -0.4 is 4.74 Å². The first kappa shape index (κ1) is 24.1. The highest BCUT2D eigenvalue weighted by atomic mass is 79.9. The lowest BCUT2D eigenvalue weighted by molar-refractivity contribution is -0.130. The van der Waals surface area contributed by atoms with Crippen LogP contribution in [0, 0.1) is 0 Å². The molecule has 0 saturated carbocycles. The molecular weight excluding hydrogens is 512 g/mol. The molecule has 0 fully saturated rings. The maximum Gasteiger partial charge on any atom is 0.343 e. The highest BCUT2D eigenvalue weighted by molar-refractivity contribution is 9.10. The zero-order valence-corrected chi connectivity index (χ0v) is 22.1. The molecule has 0 unspecified atom stereocenters. The summed E-state index contributed by atoms with van der Waals surface area (Å²) in [5, 5.41) is 2.41. The van der Waals surface area contributed by atoms with Gasteiger partial charge in [-0.1, -0.05) is 87.5 Å². The van der Waals surface area contributed by atoms with Gasteiger partial charge in [0.1, 0.15) is 18.1 Å². The number of hydrogen-bond donors (Lipinski definition) is 0. The van der Waals surface area contributed by atoms with Crippen LogP contribution in [0.2, 0.25) is 0 Å². The van der Waals surface area contributed by atoms with Crippen LogP contribution in [-0.4, -0.2) is 5.97 Å². The monoisotopic (exact) mass is 538 g/mol. The van der Waals surface area contributed by atoms with Gasteiger partial charge in [-0.25, -0.2) is 4.79 Å². The molecule has 1 heterocycles. The lowest BCUT2D eigenvalue weighted by atomic mass is 9.86. The van der Waals surface area contributed by atoms with Crippen LogP contribution in [0.25, 0.3) is 22.6 Å². The summed E-state index contributed by atoms with van der Waals surface area (Å²) in [7, 11) is 0. The highest BCUT2D eigenvalue weighted by Crippen LogP contribution is 2.32. The summed E-state index contributed by atoms with van der Waals surface area (Å²) < 4.78 is 12.4. The zero-order valence-electron chi connectivity index (χ0n) is 20.5. The van der Waals surface area contributed by atoms with Crippen LogP contribution >= 0.6 is 15.9 Å². The van der Waals surface area contributed by atoms with Crippen LogP contribution in [-0.2, 0) is 21.6 Å². The Morgan fingerprint density at radius 2 is 1.64 bits per heavy atom. The molecule has 4 aromatic carbocycles. The van der Waals surface area contributed by atoms with Gasteiger partial charge in [-0.2, -0.15) is 0 Å². The van der Waals surface area contributed by atoms with E-state index in [2.05, 4.69) is 79.2 Å². The van der Waals surface area contributed by atoms with Gasteiger partial charge in [-0.3, -0.25) is 0 Å². The number of cyclic esters (lactones) is 1. The molecule has 1 aliphatic rings. The minimum absolute atomic E-state index is 0.0725. The summed E-state index contributed by atoms with van der Waals surface area (Å²) in [4.78, 5) is 12.5. The van der Waals surface area contributed by atoms with Gasteiger partial charge in [0, 0.05) is 5.56 Å². The van der Waals surface area contributed by atoms with Crippen molar-refractivity contribution in [2.75, 3.05) is 0 Å². The van der Waals surface area contributed by atoms with Crippen molar-refractivity contribution in [1.82, 2.24) is 0 Å². The standard InChI is InChI=1S/C32H27BrO3/c1-32(2,3)27-13-11-24(12-14-27)30-19-26(31(34)36-30)16-21-9-15-29(28(33)18-21)35-20-22-8-10-23-6-4-5-7-25(23)17-22/h4-19H,20H2,1-3H3/b26-16-. The fourth-order valence-electron chi connectivity index (χ4n) is 4.16. The Bertz CT molecular complexity index is 1500. The van der Waals surface area contributed by atoms with Crippen LogP contribution in [0.3, 0.4) is 0 Å². The van der Waals surface area contributed by atoms with Crippen molar-refractivity contribution in [3.8, 4) is 5.75 Å². The Balaban J connectivity index is 1.30. The van der Waals surface area contributed by atoms with Gasteiger partial charge in [0.25, 0.3) is 0 Å². The van der Waals surface area contributed by atoms with Crippen molar-refractivity contribution in [3.63, 3.8) is 0 Å². The van der Waals surface area contributed by atoms with Gasteiger partial charge >= 0.3 is 5.97 Å². The van der Waals surface area contributed by atoms with Gasteiger partial charge in [-0.15, -0.1) is 0 Å². The van der Waals surface area contributed by atoms with Crippen LogP contribution in [0.4, 0.5) is 0 Å². The number of esters is 1. The molecular formula is C32H27BrO3. The van der Waals surface area contributed by atoms with Crippen LogP contribution in [0.15, 0.2) is 101 Å². The second-order valence-electron chi connectivity index (χ2n) is 9.99. The predicted octanol–water partition coefficient (Wildman–Crippen LogP) is 8.46. The predicted molar refractivity (Wildman–Crippen MR) is 150 cm³/mol. The smallest absolute Gasteiger partial charge is 0.343 e. The maximum atomic E-state index is 12.5. The van der Waals surface area contributed by atoms with Gasteiger partial charge in [0.05, 0.1) is 10.0 Å². The molecule has 3 nitrogen and oxygen atoms in total. The molecule has 0 N–H and O–H groups in total. The first-order chi connectivity index (χ1) is 17.3. The number of carbonyl (C=O) groups excluding carboxylic acids is 1. The Morgan fingerprint density at radius 3 is 2.36 bits per heavy atom. The minimum Gasteiger partial charge on any atom is -0.488 e. The van der Waals surface area contributed by atoms with Crippen molar-refractivity contribution >= 4 is 44.5 Å². The Morgan fingerprint density at radius 1 is 0.889 bits per heavy atom. The molecule has 0 amide bonds. The number of hydrogen-bond acceptors (Lipinski definition) is 3.